The number of primary amides is 1. The molecule has 0 bridgehead atoms. The zero-order valence-electron chi connectivity index (χ0n) is 15.5. The van der Waals surface area contributed by atoms with Crippen LogP contribution in [0.2, 0.25) is 0 Å². The maximum atomic E-state index is 10.7. The lowest BCUT2D eigenvalue weighted by molar-refractivity contribution is -0.363. The monoisotopic (exact) mass is 445 g/mol. The van der Waals surface area contributed by atoms with Gasteiger partial charge in [0.05, 0.1) is 6.61 Å². The molecule has 0 aromatic carbocycles. The Morgan fingerprint density at radius 1 is 0.867 bits per heavy atom. The molecule has 0 unspecified atom stereocenters. The van der Waals surface area contributed by atoms with E-state index >= 15 is 0 Å². The standard InChI is InChI=1S/C15H27NO14/c16-15(26)27-2-4(19)11-6(21)5(20)7(22)14(29-11)30-12-8(23)10(3(18)1-17)28-13(25)9(12)24/h3-14,17-25H,1-2H2,(H2,16,26)/t3-,4-,5-,6-,7-,8+,9-,10+,11+,12-,13+,14+/m0/s1. The fraction of sp³-hybridized carbons (Fsp3) is 0.933. The highest BCUT2D eigenvalue weighted by Crippen LogP contribution is 2.30. The Morgan fingerprint density at radius 3 is 2.03 bits per heavy atom. The third-order valence-electron chi connectivity index (χ3n) is 4.84. The maximum absolute atomic E-state index is 10.7. The van der Waals surface area contributed by atoms with E-state index in [0.29, 0.717) is 0 Å². The van der Waals surface area contributed by atoms with Crippen molar-refractivity contribution in [1.29, 1.82) is 0 Å². The van der Waals surface area contributed by atoms with Crippen molar-refractivity contribution >= 4 is 6.09 Å². The van der Waals surface area contributed by atoms with Crippen molar-refractivity contribution in [3.8, 4) is 0 Å². The molecule has 2 rings (SSSR count). The summed E-state index contributed by atoms with van der Waals surface area (Å²) >= 11 is 0. The van der Waals surface area contributed by atoms with Crippen LogP contribution >= 0.6 is 0 Å². The quantitative estimate of drug-likeness (QED) is 0.175. The van der Waals surface area contributed by atoms with Gasteiger partial charge < -0.3 is 70.6 Å². The summed E-state index contributed by atoms with van der Waals surface area (Å²) in [5, 5.41) is 89.1. The summed E-state index contributed by atoms with van der Waals surface area (Å²) in [7, 11) is 0. The Labute approximate surface area is 169 Å². The molecule has 2 saturated heterocycles. The molecule has 0 saturated carbocycles. The molecule has 2 aliphatic rings. The molecule has 2 heterocycles. The molecule has 12 atom stereocenters. The van der Waals surface area contributed by atoms with Crippen LogP contribution in [0.3, 0.4) is 0 Å². The first-order chi connectivity index (χ1) is 14.0. The van der Waals surface area contributed by atoms with Crippen LogP contribution in [0.5, 0.6) is 0 Å². The smallest absolute Gasteiger partial charge is 0.404 e. The number of aliphatic hydroxyl groups is 9. The number of hydrogen-bond donors (Lipinski definition) is 10. The van der Waals surface area contributed by atoms with Gasteiger partial charge in [-0.15, -0.1) is 0 Å². The number of rotatable bonds is 7. The molecule has 2 fully saturated rings. The molecule has 0 spiro atoms. The summed E-state index contributed by atoms with van der Waals surface area (Å²) < 4.78 is 19.7. The average Bonchev–Trinajstić information content (AvgIpc) is 2.71. The molecule has 176 valence electrons. The van der Waals surface area contributed by atoms with E-state index in [9.17, 15) is 45.6 Å². The molecule has 11 N–H and O–H groups in total. The largest absolute Gasteiger partial charge is 0.447 e. The summed E-state index contributed by atoms with van der Waals surface area (Å²) in [5.74, 6) is 0. The van der Waals surface area contributed by atoms with Gasteiger partial charge in [0.25, 0.3) is 0 Å². The van der Waals surface area contributed by atoms with Crippen LogP contribution in [-0.4, -0.2) is 139 Å². The van der Waals surface area contributed by atoms with E-state index in [0.717, 1.165) is 0 Å². The molecule has 0 radical (unpaired) electrons. The highest BCUT2D eigenvalue weighted by molar-refractivity contribution is 5.64. The molecular weight excluding hydrogens is 418 g/mol. The molecule has 15 heteroatoms. The van der Waals surface area contributed by atoms with Crippen LogP contribution in [0, 0.1) is 0 Å². The topological polar surface area (TPSA) is 262 Å². The predicted octanol–water partition coefficient (Wildman–Crippen LogP) is -6.57. The highest BCUT2D eigenvalue weighted by Gasteiger charge is 2.52. The molecule has 15 nitrogen and oxygen atoms in total. The Bertz CT molecular complexity index is 567. The van der Waals surface area contributed by atoms with Crippen LogP contribution in [-0.2, 0) is 18.9 Å². The lowest BCUT2D eigenvalue weighted by Crippen LogP contribution is -2.66. The molecule has 30 heavy (non-hydrogen) atoms. The van der Waals surface area contributed by atoms with E-state index in [1.165, 1.54) is 0 Å². The summed E-state index contributed by atoms with van der Waals surface area (Å²) in [5.41, 5.74) is 4.78. The Hall–Kier alpha value is -1.21. The molecule has 2 aliphatic heterocycles. The first-order valence-electron chi connectivity index (χ1n) is 8.93. The second kappa shape index (κ2) is 10.4. The molecule has 0 aliphatic carbocycles. The zero-order valence-corrected chi connectivity index (χ0v) is 15.5. The second-order valence-electron chi connectivity index (χ2n) is 6.96. The minimum atomic E-state index is -1.97. The van der Waals surface area contributed by atoms with Gasteiger partial charge in [0.2, 0.25) is 0 Å². The second-order valence-corrected chi connectivity index (χ2v) is 6.96. The van der Waals surface area contributed by atoms with Gasteiger partial charge in [-0.05, 0) is 0 Å². The number of carbonyl (C=O) groups excluding carboxylic acids is 1. The Morgan fingerprint density at radius 2 is 1.47 bits per heavy atom. The summed E-state index contributed by atoms with van der Waals surface area (Å²) in [6.07, 6.45) is -23.0. The van der Waals surface area contributed by atoms with Crippen molar-refractivity contribution in [2.45, 2.75) is 73.6 Å². The van der Waals surface area contributed by atoms with Crippen LogP contribution in [0.1, 0.15) is 0 Å². The van der Waals surface area contributed by atoms with Crippen LogP contribution < -0.4 is 5.73 Å². The minimum Gasteiger partial charge on any atom is -0.447 e. The summed E-state index contributed by atoms with van der Waals surface area (Å²) in [4.78, 5) is 10.7. The third-order valence-corrected chi connectivity index (χ3v) is 4.84. The van der Waals surface area contributed by atoms with Crippen molar-refractivity contribution in [2.24, 2.45) is 5.73 Å². The average molecular weight is 445 g/mol. The molecule has 0 aromatic heterocycles. The summed E-state index contributed by atoms with van der Waals surface area (Å²) in [6, 6.07) is 0. The van der Waals surface area contributed by atoms with Crippen LogP contribution in [0.4, 0.5) is 4.79 Å². The van der Waals surface area contributed by atoms with E-state index in [-0.39, 0.29) is 0 Å². The van der Waals surface area contributed by atoms with Gasteiger partial charge in [0.1, 0.15) is 67.6 Å². The fourth-order valence-corrected chi connectivity index (χ4v) is 3.18. The number of nitrogens with two attached hydrogens (primary N) is 1. The van der Waals surface area contributed by atoms with Gasteiger partial charge in [-0.25, -0.2) is 4.79 Å². The van der Waals surface area contributed by atoms with Gasteiger partial charge in [-0.3, -0.25) is 0 Å². The first kappa shape index (κ1) is 25.1. The number of amides is 1. The van der Waals surface area contributed by atoms with Gasteiger partial charge in [0.15, 0.2) is 12.6 Å². The number of carbonyl (C=O) groups is 1. The summed E-state index contributed by atoms with van der Waals surface area (Å²) in [6.45, 7) is -1.60. The van der Waals surface area contributed by atoms with E-state index in [4.69, 9.17) is 25.1 Å². The van der Waals surface area contributed by atoms with E-state index in [1.54, 1.807) is 0 Å². The van der Waals surface area contributed by atoms with Crippen LogP contribution in [0.25, 0.3) is 0 Å². The van der Waals surface area contributed by atoms with Crippen molar-refractivity contribution in [3.63, 3.8) is 0 Å². The predicted molar refractivity (Wildman–Crippen MR) is 89.1 cm³/mol. The van der Waals surface area contributed by atoms with Gasteiger partial charge in [-0.1, -0.05) is 0 Å². The van der Waals surface area contributed by atoms with Crippen molar-refractivity contribution in [1.82, 2.24) is 0 Å². The lowest BCUT2D eigenvalue weighted by Gasteiger charge is -2.46. The number of aliphatic hydroxyl groups excluding tert-OH is 9. The first-order valence-corrected chi connectivity index (χ1v) is 8.93. The number of ether oxygens (including phenoxy) is 4. The third kappa shape index (κ3) is 5.34. The van der Waals surface area contributed by atoms with E-state index in [1.807, 2.05) is 0 Å². The van der Waals surface area contributed by atoms with Crippen molar-refractivity contribution in [2.75, 3.05) is 13.2 Å². The lowest BCUT2D eigenvalue weighted by atomic mass is 9.93. The Kier molecular flexibility index (Phi) is 8.69. The SMILES string of the molecule is NC(=O)OC[C@H](O)[C@H]1O[C@H](O[C@H]2[C@H](O)[C@@H]([C@@H](O)CO)O[C@@H](O)[C@H]2O)[C@@H](O)[C@@H](O)[C@@H]1O. The van der Waals surface area contributed by atoms with Gasteiger partial charge in [-0.2, -0.15) is 0 Å². The van der Waals surface area contributed by atoms with Gasteiger partial charge >= 0.3 is 6.09 Å². The van der Waals surface area contributed by atoms with Crippen LogP contribution in [0.15, 0.2) is 0 Å². The molecule has 1 amide bonds. The zero-order chi connectivity index (χ0) is 22.7. The van der Waals surface area contributed by atoms with Crippen molar-refractivity contribution < 1.29 is 69.7 Å². The molecule has 0 aromatic rings. The fourth-order valence-electron chi connectivity index (χ4n) is 3.18. The minimum absolute atomic E-state index is 0.738. The normalized spacial score (nSPS) is 44.3. The molecular formula is C15H27NO14. The van der Waals surface area contributed by atoms with E-state index in [2.05, 4.69) is 4.74 Å². The number of hydrogen-bond acceptors (Lipinski definition) is 14. The van der Waals surface area contributed by atoms with E-state index < -0.39 is 92.9 Å². The maximum Gasteiger partial charge on any atom is 0.404 e. The van der Waals surface area contributed by atoms with Gasteiger partial charge in [0, 0.05) is 0 Å². The van der Waals surface area contributed by atoms with Crippen molar-refractivity contribution in [3.05, 3.63) is 0 Å². The Balaban J connectivity index is 2.16. The highest BCUT2D eigenvalue weighted by atomic mass is 16.7.